The van der Waals surface area contributed by atoms with Gasteiger partial charge in [0.05, 0.1) is 17.3 Å². The number of rotatable bonds is 2. The van der Waals surface area contributed by atoms with E-state index in [4.69, 9.17) is 4.74 Å². The van der Waals surface area contributed by atoms with Crippen LogP contribution in [0.4, 0.5) is 10.5 Å². The van der Waals surface area contributed by atoms with E-state index in [2.05, 4.69) is 10.3 Å². The molecular formula is C19H23N3O2. The number of nitrogens with zero attached hydrogens (tertiary/aromatic N) is 2. The fourth-order valence-corrected chi connectivity index (χ4v) is 4.06. The third-order valence-corrected chi connectivity index (χ3v) is 5.56. The third kappa shape index (κ3) is 2.73. The Morgan fingerprint density at radius 3 is 2.75 bits per heavy atom. The summed E-state index contributed by atoms with van der Waals surface area (Å²) >= 11 is 0. The zero-order valence-electron chi connectivity index (χ0n) is 14.0. The van der Waals surface area contributed by atoms with Crippen LogP contribution in [0.1, 0.15) is 25.7 Å². The predicted octanol–water partition coefficient (Wildman–Crippen LogP) is 3.66. The highest BCUT2D eigenvalue weighted by molar-refractivity contribution is 6.00. The van der Waals surface area contributed by atoms with E-state index in [1.54, 1.807) is 13.3 Å². The number of fused-ring (bicyclic) bond motifs is 1. The second-order valence-corrected chi connectivity index (χ2v) is 7.10. The van der Waals surface area contributed by atoms with Crippen molar-refractivity contribution in [1.82, 2.24) is 9.88 Å². The first kappa shape index (κ1) is 15.4. The third-order valence-electron chi connectivity index (χ3n) is 5.56. The first-order chi connectivity index (χ1) is 11.7. The van der Waals surface area contributed by atoms with Gasteiger partial charge in [0.1, 0.15) is 0 Å². The summed E-state index contributed by atoms with van der Waals surface area (Å²) in [5.41, 5.74) is 2.05. The lowest BCUT2D eigenvalue weighted by molar-refractivity contribution is -0.0399. The number of carbonyl (C=O) groups excluding carboxylic acids is 1. The summed E-state index contributed by atoms with van der Waals surface area (Å²) in [5.74, 6) is 0. The van der Waals surface area contributed by atoms with E-state index >= 15 is 0 Å². The second-order valence-electron chi connectivity index (χ2n) is 7.10. The molecule has 4 rings (SSSR count). The normalized spacial score (nSPS) is 20.1. The Morgan fingerprint density at radius 2 is 2.00 bits per heavy atom. The number of carbonyl (C=O) groups is 1. The Hall–Kier alpha value is -2.14. The van der Waals surface area contributed by atoms with E-state index in [1.807, 2.05) is 35.2 Å². The molecule has 2 amide bonds. The van der Waals surface area contributed by atoms with Gasteiger partial charge in [-0.05, 0) is 37.8 Å². The molecule has 5 nitrogen and oxygen atoms in total. The Kier molecular flexibility index (Phi) is 3.88. The van der Waals surface area contributed by atoms with Gasteiger partial charge in [-0.2, -0.15) is 0 Å². The number of likely N-dealkylation sites (tertiary alicyclic amines) is 1. The van der Waals surface area contributed by atoms with Crippen molar-refractivity contribution < 1.29 is 9.53 Å². The minimum atomic E-state index is -0.00848. The number of hydrogen-bond donors (Lipinski definition) is 1. The summed E-state index contributed by atoms with van der Waals surface area (Å²) in [4.78, 5) is 18.8. The van der Waals surface area contributed by atoms with E-state index in [9.17, 15) is 4.79 Å². The number of para-hydroxylation sites is 1. The number of nitrogens with one attached hydrogen (secondary N) is 1. The van der Waals surface area contributed by atoms with Gasteiger partial charge < -0.3 is 15.0 Å². The van der Waals surface area contributed by atoms with Crippen molar-refractivity contribution in [1.29, 1.82) is 0 Å². The molecule has 1 N–H and O–H groups in total. The number of pyridine rings is 1. The molecule has 2 fully saturated rings. The van der Waals surface area contributed by atoms with E-state index in [0.717, 1.165) is 55.4 Å². The molecule has 0 radical (unpaired) electrons. The van der Waals surface area contributed by atoms with Crippen molar-refractivity contribution in [3.63, 3.8) is 0 Å². The predicted molar refractivity (Wildman–Crippen MR) is 94.0 cm³/mol. The van der Waals surface area contributed by atoms with E-state index < -0.39 is 0 Å². The van der Waals surface area contributed by atoms with Gasteiger partial charge in [0.2, 0.25) is 0 Å². The van der Waals surface area contributed by atoms with Crippen LogP contribution in [0, 0.1) is 5.41 Å². The molecule has 1 aliphatic heterocycles. The number of benzene rings is 1. The Balaban J connectivity index is 1.40. The van der Waals surface area contributed by atoms with Crippen LogP contribution in [0.2, 0.25) is 0 Å². The minimum absolute atomic E-state index is 0.00848. The number of hydrogen-bond acceptors (Lipinski definition) is 3. The largest absolute Gasteiger partial charge is 0.381 e. The Labute approximate surface area is 142 Å². The highest BCUT2D eigenvalue weighted by Crippen LogP contribution is 2.44. The number of ether oxygens (including phenoxy) is 1. The molecule has 1 saturated heterocycles. The highest BCUT2D eigenvalue weighted by atomic mass is 16.5. The van der Waals surface area contributed by atoms with Crippen molar-refractivity contribution >= 4 is 22.6 Å². The van der Waals surface area contributed by atoms with E-state index in [-0.39, 0.29) is 6.03 Å². The van der Waals surface area contributed by atoms with Gasteiger partial charge in [0, 0.05) is 37.2 Å². The van der Waals surface area contributed by atoms with Crippen LogP contribution in [0.25, 0.3) is 10.9 Å². The van der Waals surface area contributed by atoms with Crippen molar-refractivity contribution in [2.45, 2.75) is 31.8 Å². The standard InChI is InChI=1S/C19H23N3O2/c1-24-14-6-9-19(10-7-14)12-22(13-19)18(23)21-17-8-11-20-16-5-3-2-4-15(16)17/h2-5,8,11,14H,6-7,9-10,12-13H2,1H3,(H,20,21,23). The quantitative estimate of drug-likeness (QED) is 0.917. The smallest absolute Gasteiger partial charge is 0.321 e. The minimum Gasteiger partial charge on any atom is -0.381 e. The zero-order valence-corrected chi connectivity index (χ0v) is 14.0. The summed E-state index contributed by atoms with van der Waals surface area (Å²) in [6, 6.07) is 9.72. The molecule has 1 spiro atoms. The Bertz CT molecular complexity index is 740. The van der Waals surface area contributed by atoms with Crippen LogP contribution in [0.3, 0.4) is 0 Å². The maximum Gasteiger partial charge on any atom is 0.321 e. The fraction of sp³-hybridized carbons (Fsp3) is 0.474. The van der Waals surface area contributed by atoms with Crippen LogP contribution >= 0.6 is 0 Å². The lowest BCUT2D eigenvalue weighted by Crippen LogP contribution is -2.60. The van der Waals surface area contributed by atoms with Crippen LogP contribution in [0.5, 0.6) is 0 Å². The molecule has 0 unspecified atom stereocenters. The van der Waals surface area contributed by atoms with Crippen molar-refractivity contribution in [3.8, 4) is 0 Å². The topological polar surface area (TPSA) is 54.5 Å². The number of aromatic nitrogens is 1. The molecule has 0 atom stereocenters. The van der Waals surface area contributed by atoms with E-state index in [0.29, 0.717) is 11.5 Å². The number of methoxy groups -OCH3 is 1. The molecule has 1 aromatic carbocycles. The van der Waals surface area contributed by atoms with Gasteiger partial charge in [0.15, 0.2) is 0 Å². The van der Waals surface area contributed by atoms with Crippen LogP contribution < -0.4 is 5.32 Å². The molecule has 1 aliphatic carbocycles. The first-order valence-corrected chi connectivity index (χ1v) is 8.62. The lowest BCUT2D eigenvalue weighted by Gasteiger charge is -2.53. The molecule has 2 heterocycles. The second kappa shape index (κ2) is 6.06. The van der Waals surface area contributed by atoms with Gasteiger partial charge in [-0.15, -0.1) is 0 Å². The molecule has 0 bridgehead atoms. The maximum atomic E-state index is 12.6. The summed E-state index contributed by atoms with van der Waals surface area (Å²) < 4.78 is 5.45. The van der Waals surface area contributed by atoms with Crippen LogP contribution in [0.15, 0.2) is 36.5 Å². The molecule has 126 valence electrons. The average Bonchev–Trinajstić information content (AvgIpc) is 2.60. The van der Waals surface area contributed by atoms with Gasteiger partial charge in [-0.1, -0.05) is 18.2 Å². The molecule has 5 heteroatoms. The van der Waals surface area contributed by atoms with Crippen molar-refractivity contribution in [2.75, 3.05) is 25.5 Å². The average molecular weight is 325 g/mol. The summed E-state index contributed by atoms with van der Waals surface area (Å²) in [7, 11) is 1.79. The molecule has 24 heavy (non-hydrogen) atoms. The lowest BCUT2D eigenvalue weighted by atomic mass is 9.68. The fourth-order valence-electron chi connectivity index (χ4n) is 4.06. The number of urea groups is 1. The van der Waals surface area contributed by atoms with Crippen LogP contribution in [-0.2, 0) is 4.74 Å². The van der Waals surface area contributed by atoms with Gasteiger partial charge in [-0.25, -0.2) is 4.79 Å². The van der Waals surface area contributed by atoms with Gasteiger partial charge >= 0.3 is 6.03 Å². The SMILES string of the molecule is COC1CCC2(CC1)CN(C(=O)Nc1ccnc3ccccc13)C2. The van der Waals surface area contributed by atoms with Crippen molar-refractivity contribution in [3.05, 3.63) is 36.5 Å². The summed E-state index contributed by atoms with van der Waals surface area (Å²) in [6.07, 6.45) is 6.69. The van der Waals surface area contributed by atoms with Gasteiger partial charge in [-0.3, -0.25) is 4.98 Å². The monoisotopic (exact) mass is 325 g/mol. The molecule has 2 aromatic rings. The van der Waals surface area contributed by atoms with Crippen molar-refractivity contribution in [2.24, 2.45) is 5.41 Å². The molecule has 1 aromatic heterocycles. The molecule has 2 aliphatic rings. The summed E-state index contributed by atoms with van der Waals surface area (Å²) in [5, 5.41) is 4.03. The highest BCUT2D eigenvalue weighted by Gasteiger charge is 2.47. The Morgan fingerprint density at radius 1 is 1.25 bits per heavy atom. The molecular weight excluding hydrogens is 302 g/mol. The maximum absolute atomic E-state index is 12.6. The number of anilines is 1. The van der Waals surface area contributed by atoms with Gasteiger partial charge in [0.25, 0.3) is 0 Å². The number of amides is 2. The van der Waals surface area contributed by atoms with Crippen LogP contribution in [-0.4, -0.2) is 42.2 Å². The zero-order chi connectivity index (χ0) is 16.6. The molecule has 1 saturated carbocycles. The first-order valence-electron chi connectivity index (χ1n) is 8.62. The summed E-state index contributed by atoms with van der Waals surface area (Å²) in [6.45, 7) is 1.72. The van der Waals surface area contributed by atoms with E-state index in [1.165, 1.54) is 0 Å².